The fraction of sp³-hybridized carbons (Fsp3) is 0.409. The molecule has 31 heavy (non-hydrogen) atoms. The Morgan fingerprint density at radius 3 is 2.16 bits per heavy atom. The van der Waals surface area contributed by atoms with Gasteiger partial charge >= 0.3 is 11.9 Å². The van der Waals surface area contributed by atoms with Crippen LogP contribution in [-0.4, -0.2) is 63.3 Å². The second kappa shape index (κ2) is 11.5. The largest absolute Gasteiger partial charge is 0.497 e. The van der Waals surface area contributed by atoms with Crippen LogP contribution in [0.2, 0.25) is 0 Å². The van der Waals surface area contributed by atoms with Gasteiger partial charge in [0.25, 0.3) is 0 Å². The number of carbonyl (C=O) groups excluding carboxylic acids is 2. The lowest BCUT2D eigenvalue weighted by molar-refractivity contribution is -0.138. The lowest BCUT2D eigenvalue weighted by Crippen LogP contribution is -2.48. The lowest BCUT2D eigenvalue weighted by Gasteiger charge is -2.37. The summed E-state index contributed by atoms with van der Waals surface area (Å²) in [5.41, 5.74) is 6.99. The van der Waals surface area contributed by atoms with Gasteiger partial charge < -0.3 is 29.7 Å². The van der Waals surface area contributed by atoms with Crippen molar-refractivity contribution < 1.29 is 23.8 Å². The number of piperazine rings is 1. The molecule has 0 aliphatic carbocycles. The summed E-state index contributed by atoms with van der Waals surface area (Å²) < 4.78 is 15.1. The minimum atomic E-state index is -0.816. The molecular weight excluding hydrogens is 400 g/mol. The molecule has 1 aliphatic heterocycles. The topological polar surface area (TPSA) is 118 Å². The van der Waals surface area contributed by atoms with E-state index in [1.807, 2.05) is 29.2 Å². The molecule has 0 amide bonds. The molecule has 0 radical (unpaired) electrons. The van der Waals surface area contributed by atoms with Crippen molar-refractivity contribution >= 4 is 17.6 Å². The maximum absolute atomic E-state index is 12.5. The third kappa shape index (κ3) is 6.15. The molecule has 0 atom stereocenters. The Morgan fingerprint density at radius 1 is 1.06 bits per heavy atom. The third-order valence-electron chi connectivity index (χ3n) is 4.73. The van der Waals surface area contributed by atoms with E-state index in [1.54, 1.807) is 27.0 Å². The fourth-order valence-electron chi connectivity index (χ4n) is 3.11. The Hall–Kier alpha value is -3.67. The van der Waals surface area contributed by atoms with E-state index in [2.05, 4.69) is 4.90 Å². The molecular formula is C22H28N4O5. The molecule has 0 aromatic heterocycles. The van der Waals surface area contributed by atoms with Gasteiger partial charge in [0.2, 0.25) is 0 Å². The van der Waals surface area contributed by atoms with Gasteiger partial charge in [0, 0.05) is 31.9 Å². The molecule has 1 aliphatic rings. The van der Waals surface area contributed by atoms with Gasteiger partial charge in [0.05, 0.1) is 20.3 Å². The Morgan fingerprint density at radius 2 is 1.65 bits per heavy atom. The van der Waals surface area contributed by atoms with Crippen molar-refractivity contribution in [1.82, 2.24) is 4.90 Å². The Bertz CT molecular complexity index is 878. The number of nitrogens with two attached hydrogens (primary N) is 1. The monoisotopic (exact) mass is 428 g/mol. The molecule has 9 nitrogen and oxygen atoms in total. The molecule has 1 fully saturated rings. The highest BCUT2D eigenvalue weighted by atomic mass is 16.5. The van der Waals surface area contributed by atoms with Gasteiger partial charge in [0.1, 0.15) is 28.8 Å². The number of carbonyl (C=O) groups is 2. The minimum Gasteiger partial charge on any atom is -0.497 e. The molecule has 1 saturated heterocycles. The van der Waals surface area contributed by atoms with Crippen molar-refractivity contribution in [2.24, 2.45) is 5.73 Å². The molecule has 0 bridgehead atoms. The van der Waals surface area contributed by atoms with Crippen molar-refractivity contribution in [2.45, 2.75) is 13.8 Å². The van der Waals surface area contributed by atoms with Crippen LogP contribution in [-0.2, 0) is 19.1 Å². The molecule has 0 unspecified atom stereocenters. The normalized spacial score (nSPS) is 15.0. The van der Waals surface area contributed by atoms with Gasteiger partial charge in [-0.15, -0.1) is 0 Å². The molecule has 0 spiro atoms. The summed E-state index contributed by atoms with van der Waals surface area (Å²) in [5.74, 6) is -0.571. The van der Waals surface area contributed by atoms with Gasteiger partial charge in [-0.05, 0) is 44.2 Å². The van der Waals surface area contributed by atoms with Gasteiger partial charge in [0.15, 0.2) is 0 Å². The Labute approximate surface area is 182 Å². The average molecular weight is 428 g/mol. The maximum Gasteiger partial charge on any atom is 0.348 e. The van der Waals surface area contributed by atoms with Crippen LogP contribution in [0.25, 0.3) is 0 Å². The zero-order valence-corrected chi connectivity index (χ0v) is 18.1. The second-order valence-corrected chi connectivity index (χ2v) is 6.58. The standard InChI is InChI=1S/C22H28N4O5/c1-4-30-21(27)16(15-23)14-19(22(28)31-5-2)20(24)26-12-10-25(11-13-26)17-6-8-18(29-3)9-7-17/h6-9,14H,4-5,10-13,24H2,1-3H3. The molecule has 2 rings (SSSR count). The quantitative estimate of drug-likeness (QED) is 0.285. The van der Waals surface area contributed by atoms with E-state index in [9.17, 15) is 14.9 Å². The van der Waals surface area contributed by atoms with Crippen LogP contribution in [0.5, 0.6) is 5.75 Å². The van der Waals surface area contributed by atoms with Gasteiger partial charge in [-0.3, -0.25) is 0 Å². The number of ether oxygens (including phenoxy) is 3. The Kier molecular flexibility index (Phi) is 8.76. The maximum atomic E-state index is 12.5. The first kappa shape index (κ1) is 23.6. The number of esters is 2. The number of anilines is 1. The van der Waals surface area contributed by atoms with Crippen LogP contribution in [0.15, 0.2) is 47.3 Å². The van der Waals surface area contributed by atoms with Crippen molar-refractivity contribution in [1.29, 1.82) is 5.26 Å². The smallest absolute Gasteiger partial charge is 0.348 e. The molecule has 1 heterocycles. The highest BCUT2D eigenvalue weighted by molar-refractivity contribution is 5.99. The van der Waals surface area contributed by atoms with Crippen LogP contribution >= 0.6 is 0 Å². The summed E-state index contributed by atoms with van der Waals surface area (Å²) in [5, 5.41) is 9.31. The van der Waals surface area contributed by atoms with Crippen molar-refractivity contribution in [2.75, 3.05) is 51.4 Å². The summed E-state index contributed by atoms with van der Waals surface area (Å²) >= 11 is 0. The van der Waals surface area contributed by atoms with Crippen molar-refractivity contribution in [3.05, 3.63) is 47.3 Å². The van der Waals surface area contributed by atoms with E-state index in [4.69, 9.17) is 19.9 Å². The van der Waals surface area contributed by atoms with E-state index in [0.717, 1.165) is 17.5 Å². The van der Waals surface area contributed by atoms with Crippen molar-refractivity contribution in [3.8, 4) is 11.8 Å². The number of benzene rings is 1. The highest BCUT2D eigenvalue weighted by Crippen LogP contribution is 2.22. The number of hydrogen-bond acceptors (Lipinski definition) is 9. The van der Waals surface area contributed by atoms with Crippen LogP contribution in [0, 0.1) is 11.3 Å². The Balaban J connectivity index is 2.23. The van der Waals surface area contributed by atoms with Gasteiger partial charge in [-0.1, -0.05) is 0 Å². The van der Waals surface area contributed by atoms with Crippen LogP contribution < -0.4 is 15.4 Å². The summed E-state index contributed by atoms with van der Waals surface area (Å²) in [7, 11) is 1.62. The van der Waals surface area contributed by atoms with Crippen LogP contribution in [0.3, 0.4) is 0 Å². The number of hydrogen-bond donors (Lipinski definition) is 1. The zero-order chi connectivity index (χ0) is 22.8. The average Bonchev–Trinajstić information content (AvgIpc) is 2.80. The highest BCUT2D eigenvalue weighted by Gasteiger charge is 2.24. The lowest BCUT2D eigenvalue weighted by atomic mass is 10.1. The van der Waals surface area contributed by atoms with Crippen LogP contribution in [0.1, 0.15) is 13.8 Å². The summed E-state index contributed by atoms with van der Waals surface area (Å²) in [4.78, 5) is 28.5. The number of rotatable bonds is 8. The van der Waals surface area contributed by atoms with E-state index in [1.165, 1.54) is 0 Å². The molecule has 0 saturated carbocycles. The number of methoxy groups -OCH3 is 1. The summed E-state index contributed by atoms with van der Waals surface area (Å²) in [6.45, 7) is 6.00. The third-order valence-corrected chi connectivity index (χ3v) is 4.73. The first-order valence-electron chi connectivity index (χ1n) is 10.0. The summed E-state index contributed by atoms with van der Waals surface area (Å²) in [6.07, 6.45) is 1.14. The molecule has 166 valence electrons. The number of nitrogens with zero attached hydrogens (tertiary/aromatic N) is 3. The summed E-state index contributed by atoms with van der Waals surface area (Å²) in [6, 6.07) is 9.53. The van der Waals surface area contributed by atoms with E-state index in [0.29, 0.717) is 26.2 Å². The van der Waals surface area contributed by atoms with E-state index in [-0.39, 0.29) is 30.2 Å². The van der Waals surface area contributed by atoms with Gasteiger partial charge in [-0.2, -0.15) is 5.26 Å². The van der Waals surface area contributed by atoms with Gasteiger partial charge in [-0.25, -0.2) is 9.59 Å². The molecule has 1 aromatic rings. The molecule has 1 aromatic carbocycles. The number of nitriles is 1. The van der Waals surface area contributed by atoms with Crippen molar-refractivity contribution in [3.63, 3.8) is 0 Å². The molecule has 2 N–H and O–H groups in total. The fourth-order valence-corrected chi connectivity index (χ4v) is 3.11. The molecule has 9 heteroatoms. The van der Waals surface area contributed by atoms with Crippen LogP contribution in [0.4, 0.5) is 5.69 Å². The zero-order valence-electron chi connectivity index (χ0n) is 18.1. The SMILES string of the molecule is CCOC(=O)C(C#N)=CC(C(=O)OCC)=C(N)N1CCN(c2ccc(OC)cc2)CC1. The van der Waals surface area contributed by atoms with E-state index >= 15 is 0 Å². The first-order chi connectivity index (χ1) is 14.9. The predicted molar refractivity (Wildman–Crippen MR) is 115 cm³/mol. The second-order valence-electron chi connectivity index (χ2n) is 6.58. The van der Waals surface area contributed by atoms with E-state index < -0.39 is 11.9 Å². The minimum absolute atomic E-state index is 0.0376. The first-order valence-corrected chi connectivity index (χ1v) is 10.0. The predicted octanol–water partition coefficient (Wildman–Crippen LogP) is 1.56.